The minimum absolute atomic E-state index is 0.903. The van der Waals surface area contributed by atoms with Gasteiger partial charge in [0.1, 0.15) is 5.75 Å². The molecule has 2 aromatic rings. The van der Waals surface area contributed by atoms with Crippen molar-refractivity contribution < 1.29 is 4.74 Å². The lowest BCUT2D eigenvalue weighted by atomic mass is 10.2. The zero-order valence-corrected chi connectivity index (χ0v) is 13.8. The van der Waals surface area contributed by atoms with E-state index in [-0.39, 0.29) is 0 Å². The van der Waals surface area contributed by atoms with Crippen molar-refractivity contribution >= 4 is 27.7 Å². The van der Waals surface area contributed by atoms with E-state index in [2.05, 4.69) is 54.0 Å². The van der Waals surface area contributed by atoms with E-state index in [0.717, 1.165) is 16.0 Å². The van der Waals surface area contributed by atoms with Crippen LogP contribution in [0.4, 0.5) is 0 Å². The first-order valence-corrected chi connectivity index (χ1v) is 7.90. The minimum atomic E-state index is 0.903. The summed E-state index contributed by atoms with van der Waals surface area (Å²) in [5, 5.41) is 0. The fourth-order valence-corrected chi connectivity index (χ4v) is 3.49. The van der Waals surface area contributed by atoms with Gasteiger partial charge < -0.3 is 4.74 Å². The summed E-state index contributed by atoms with van der Waals surface area (Å²) in [6.45, 7) is 4.29. The fraction of sp³-hybridized carbons (Fsp3) is 0.250. The van der Waals surface area contributed by atoms with Gasteiger partial charge in [-0.2, -0.15) is 0 Å². The monoisotopic (exact) mass is 336 g/mol. The molecule has 2 rings (SSSR count). The molecule has 0 aliphatic rings. The maximum atomic E-state index is 5.27. The predicted molar refractivity (Wildman–Crippen MR) is 86.2 cm³/mol. The zero-order chi connectivity index (χ0) is 13.8. The van der Waals surface area contributed by atoms with E-state index in [9.17, 15) is 0 Å². The molecule has 0 radical (unpaired) electrons. The lowest BCUT2D eigenvalue weighted by Crippen LogP contribution is -1.89. The molecule has 0 bridgehead atoms. The van der Waals surface area contributed by atoms with E-state index in [4.69, 9.17) is 4.74 Å². The number of thioether (sulfide) groups is 1. The number of halogens is 1. The van der Waals surface area contributed by atoms with E-state index in [1.165, 1.54) is 21.6 Å². The van der Waals surface area contributed by atoms with Crippen molar-refractivity contribution in [1.82, 2.24) is 0 Å². The summed E-state index contributed by atoms with van der Waals surface area (Å²) >= 11 is 5.46. The molecule has 0 aromatic heterocycles. The van der Waals surface area contributed by atoms with Crippen LogP contribution in [0.1, 0.15) is 16.7 Å². The first-order chi connectivity index (χ1) is 9.10. The Labute approximate surface area is 127 Å². The Morgan fingerprint density at radius 1 is 1.11 bits per heavy atom. The summed E-state index contributed by atoms with van der Waals surface area (Å²) < 4.78 is 6.41. The van der Waals surface area contributed by atoms with Gasteiger partial charge in [-0.1, -0.05) is 33.6 Å². The van der Waals surface area contributed by atoms with Crippen LogP contribution in [0.5, 0.6) is 5.75 Å². The summed E-state index contributed by atoms with van der Waals surface area (Å²) in [4.78, 5) is 1.34. The molecule has 0 amide bonds. The summed E-state index contributed by atoms with van der Waals surface area (Å²) in [5.41, 5.74) is 3.89. The second kappa shape index (κ2) is 6.49. The molecular weight excluding hydrogens is 320 g/mol. The number of hydrogen-bond donors (Lipinski definition) is 0. The van der Waals surface area contributed by atoms with Crippen LogP contribution in [0.15, 0.2) is 45.8 Å². The highest BCUT2D eigenvalue weighted by atomic mass is 79.9. The highest BCUT2D eigenvalue weighted by Gasteiger charge is 2.05. The van der Waals surface area contributed by atoms with Crippen LogP contribution in [0.2, 0.25) is 0 Å². The number of benzene rings is 2. The van der Waals surface area contributed by atoms with E-state index in [1.54, 1.807) is 7.11 Å². The Bertz CT molecular complexity index is 581. The summed E-state index contributed by atoms with van der Waals surface area (Å²) in [6.07, 6.45) is 0. The minimum Gasteiger partial charge on any atom is -0.497 e. The molecule has 1 nitrogen and oxygen atoms in total. The topological polar surface area (TPSA) is 9.23 Å². The molecule has 0 aliphatic carbocycles. The van der Waals surface area contributed by atoms with Gasteiger partial charge in [0.15, 0.2) is 0 Å². The highest BCUT2D eigenvalue weighted by Crippen LogP contribution is 2.31. The maximum absolute atomic E-state index is 5.27. The smallest absolute Gasteiger partial charge is 0.119 e. The molecule has 0 unspecified atom stereocenters. The third kappa shape index (κ3) is 3.77. The van der Waals surface area contributed by atoms with Gasteiger partial charge in [0, 0.05) is 15.1 Å². The zero-order valence-electron chi connectivity index (χ0n) is 11.4. The van der Waals surface area contributed by atoms with E-state index < -0.39 is 0 Å². The van der Waals surface area contributed by atoms with Crippen molar-refractivity contribution in [2.75, 3.05) is 7.11 Å². The van der Waals surface area contributed by atoms with Gasteiger partial charge in [-0.3, -0.25) is 0 Å². The van der Waals surface area contributed by atoms with Gasteiger partial charge in [0.25, 0.3) is 0 Å². The maximum Gasteiger partial charge on any atom is 0.119 e. The van der Waals surface area contributed by atoms with Crippen molar-refractivity contribution in [3.8, 4) is 5.75 Å². The van der Waals surface area contributed by atoms with Gasteiger partial charge in [0.05, 0.1) is 7.11 Å². The molecule has 0 spiro atoms. The Morgan fingerprint density at radius 2 is 1.89 bits per heavy atom. The molecule has 0 N–H and O–H groups in total. The molecule has 0 heterocycles. The molecule has 0 fully saturated rings. The van der Waals surface area contributed by atoms with Crippen LogP contribution < -0.4 is 4.74 Å². The van der Waals surface area contributed by atoms with E-state index in [1.807, 2.05) is 23.9 Å². The van der Waals surface area contributed by atoms with Crippen molar-refractivity contribution in [2.45, 2.75) is 24.5 Å². The second-order valence-electron chi connectivity index (χ2n) is 4.51. The Kier molecular flexibility index (Phi) is 4.94. The number of ether oxygens (including phenoxy) is 1. The Balaban J connectivity index is 2.16. The first-order valence-electron chi connectivity index (χ1n) is 6.12. The fourth-order valence-electron chi connectivity index (χ4n) is 1.81. The number of rotatable bonds is 4. The van der Waals surface area contributed by atoms with Gasteiger partial charge in [-0.15, -0.1) is 11.8 Å². The normalized spacial score (nSPS) is 10.5. The molecule has 0 saturated heterocycles. The van der Waals surface area contributed by atoms with Gasteiger partial charge in [-0.05, 0) is 49.2 Å². The number of hydrogen-bond acceptors (Lipinski definition) is 2. The standard InChI is InChI=1S/C16H17BrOS/c1-11-4-5-12(2)16(8-11)19-10-13-9-14(18-3)6-7-15(13)17/h4-9H,10H2,1-3H3. The Hall–Kier alpha value is -0.930. The van der Waals surface area contributed by atoms with Crippen molar-refractivity contribution in [1.29, 1.82) is 0 Å². The average Bonchev–Trinajstić information content (AvgIpc) is 2.41. The van der Waals surface area contributed by atoms with Crippen molar-refractivity contribution in [3.05, 3.63) is 57.6 Å². The van der Waals surface area contributed by atoms with Gasteiger partial charge in [-0.25, -0.2) is 0 Å². The lowest BCUT2D eigenvalue weighted by Gasteiger charge is -2.09. The molecule has 0 atom stereocenters. The molecule has 0 saturated carbocycles. The van der Waals surface area contributed by atoms with Crippen LogP contribution in [-0.4, -0.2) is 7.11 Å². The van der Waals surface area contributed by atoms with Gasteiger partial charge >= 0.3 is 0 Å². The summed E-state index contributed by atoms with van der Waals surface area (Å²) in [6, 6.07) is 12.7. The predicted octanol–water partition coefficient (Wildman–Crippen LogP) is 5.37. The van der Waals surface area contributed by atoms with Crippen LogP contribution in [-0.2, 0) is 5.75 Å². The molecule has 19 heavy (non-hydrogen) atoms. The first kappa shape index (κ1) is 14.5. The third-order valence-electron chi connectivity index (χ3n) is 2.98. The van der Waals surface area contributed by atoms with E-state index >= 15 is 0 Å². The van der Waals surface area contributed by atoms with Crippen molar-refractivity contribution in [3.63, 3.8) is 0 Å². The third-order valence-corrected chi connectivity index (χ3v) is 4.96. The average molecular weight is 337 g/mol. The lowest BCUT2D eigenvalue weighted by molar-refractivity contribution is 0.414. The van der Waals surface area contributed by atoms with Crippen LogP contribution in [0.25, 0.3) is 0 Å². The van der Waals surface area contributed by atoms with E-state index in [0.29, 0.717) is 0 Å². The molecular formula is C16H17BrOS. The van der Waals surface area contributed by atoms with Crippen LogP contribution >= 0.6 is 27.7 Å². The second-order valence-corrected chi connectivity index (χ2v) is 6.39. The largest absolute Gasteiger partial charge is 0.497 e. The number of methoxy groups -OCH3 is 1. The molecule has 0 aliphatic heterocycles. The molecule has 2 aromatic carbocycles. The molecule has 3 heteroatoms. The number of aryl methyl sites for hydroxylation is 2. The summed E-state index contributed by atoms with van der Waals surface area (Å²) in [7, 11) is 1.70. The highest BCUT2D eigenvalue weighted by molar-refractivity contribution is 9.10. The summed E-state index contributed by atoms with van der Waals surface area (Å²) in [5.74, 6) is 1.84. The quantitative estimate of drug-likeness (QED) is 0.694. The van der Waals surface area contributed by atoms with Gasteiger partial charge in [0.2, 0.25) is 0 Å². The SMILES string of the molecule is COc1ccc(Br)c(CSc2cc(C)ccc2C)c1. The van der Waals surface area contributed by atoms with Crippen LogP contribution in [0, 0.1) is 13.8 Å². The molecule has 100 valence electrons. The Morgan fingerprint density at radius 3 is 2.63 bits per heavy atom. The van der Waals surface area contributed by atoms with Crippen molar-refractivity contribution in [2.24, 2.45) is 0 Å². The van der Waals surface area contributed by atoms with Crippen LogP contribution in [0.3, 0.4) is 0 Å².